The first-order valence-electron chi connectivity index (χ1n) is 7.14. The normalized spacial score (nSPS) is 11.3. The van der Waals surface area contributed by atoms with Gasteiger partial charge in [0, 0.05) is 24.7 Å². The largest absolute Gasteiger partial charge is 0.329 e. The van der Waals surface area contributed by atoms with E-state index in [0.717, 1.165) is 11.6 Å². The van der Waals surface area contributed by atoms with Gasteiger partial charge in [-0.25, -0.2) is 12.8 Å². The van der Waals surface area contributed by atoms with E-state index in [-0.39, 0.29) is 42.0 Å². The molecule has 24 heavy (non-hydrogen) atoms. The van der Waals surface area contributed by atoms with Gasteiger partial charge < -0.3 is 5.73 Å². The molecule has 4 nitrogen and oxygen atoms in total. The average Bonchev–Trinajstić information content (AvgIpc) is 2.52. The van der Waals surface area contributed by atoms with E-state index in [1.165, 1.54) is 16.4 Å². The van der Waals surface area contributed by atoms with E-state index in [4.69, 9.17) is 17.3 Å². The lowest BCUT2D eigenvalue weighted by Gasteiger charge is -2.22. The summed E-state index contributed by atoms with van der Waals surface area (Å²) in [5.74, 6) is -0.862. The van der Waals surface area contributed by atoms with Crippen molar-refractivity contribution in [3.05, 3.63) is 64.9 Å². The van der Waals surface area contributed by atoms with Gasteiger partial charge in [0.05, 0.1) is 0 Å². The number of hydrogen-bond donors (Lipinski definition) is 1. The third-order valence-electron chi connectivity index (χ3n) is 3.38. The summed E-state index contributed by atoms with van der Waals surface area (Å²) in [6.07, 6.45) is 0.523. The molecule has 2 aromatic rings. The predicted octanol–water partition coefficient (Wildman–Crippen LogP) is 3.09. The van der Waals surface area contributed by atoms with Crippen molar-refractivity contribution in [1.29, 1.82) is 0 Å². The highest BCUT2D eigenvalue weighted by molar-refractivity contribution is 7.89. The zero-order valence-electron chi connectivity index (χ0n) is 12.9. The number of nitrogens with two attached hydrogens (primary N) is 1. The van der Waals surface area contributed by atoms with Crippen molar-refractivity contribution in [1.82, 2.24) is 4.31 Å². The highest BCUT2D eigenvalue weighted by atomic mass is 35.5. The second kappa shape index (κ2) is 9.34. The summed E-state index contributed by atoms with van der Waals surface area (Å²) >= 11 is 5.68. The quantitative estimate of drug-likeness (QED) is 0.787. The molecular weight excluding hydrogens is 374 g/mol. The summed E-state index contributed by atoms with van der Waals surface area (Å²) in [5.41, 5.74) is 6.52. The molecule has 2 aromatic carbocycles. The number of rotatable bonds is 7. The second-order valence-corrected chi connectivity index (χ2v) is 7.35. The fourth-order valence-corrected chi connectivity index (χ4v) is 3.88. The van der Waals surface area contributed by atoms with Crippen LogP contribution in [0.25, 0.3) is 0 Å². The highest BCUT2D eigenvalue weighted by Crippen LogP contribution is 2.22. The monoisotopic (exact) mass is 392 g/mol. The van der Waals surface area contributed by atoms with Gasteiger partial charge in [0.1, 0.15) is 10.7 Å². The summed E-state index contributed by atoms with van der Waals surface area (Å²) in [5, 5.41) is 0.149. The van der Waals surface area contributed by atoms with Crippen LogP contribution in [0.2, 0.25) is 5.02 Å². The molecule has 0 fully saturated rings. The average molecular weight is 393 g/mol. The maximum absolute atomic E-state index is 14.0. The Morgan fingerprint density at radius 3 is 2.33 bits per heavy atom. The van der Waals surface area contributed by atoms with Crippen molar-refractivity contribution >= 4 is 34.0 Å². The SMILES string of the molecule is Cl.NCCN(CCc1ccccc1)S(=O)(=O)c1ccc(Cl)cc1F. The van der Waals surface area contributed by atoms with Crippen LogP contribution < -0.4 is 5.73 Å². The molecule has 0 heterocycles. The molecule has 0 aliphatic carbocycles. The fourth-order valence-electron chi connectivity index (χ4n) is 2.22. The molecule has 2 rings (SSSR count). The van der Waals surface area contributed by atoms with E-state index in [1.54, 1.807) is 0 Å². The van der Waals surface area contributed by atoms with Gasteiger partial charge in [0.25, 0.3) is 0 Å². The number of sulfonamides is 1. The third kappa shape index (κ3) is 5.16. The Balaban J connectivity index is 0.00000288. The first-order chi connectivity index (χ1) is 10.9. The summed E-state index contributed by atoms with van der Waals surface area (Å²) in [6, 6.07) is 13.0. The van der Waals surface area contributed by atoms with Gasteiger partial charge in [0.2, 0.25) is 10.0 Å². The molecule has 0 unspecified atom stereocenters. The zero-order valence-corrected chi connectivity index (χ0v) is 15.2. The van der Waals surface area contributed by atoms with Gasteiger partial charge in [-0.3, -0.25) is 0 Å². The van der Waals surface area contributed by atoms with Gasteiger partial charge >= 0.3 is 0 Å². The molecule has 132 valence electrons. The Bertz CT molecular complexity index is 758. The molecule has 0 spiro atoms. The fraction of sp³-hybridized carbons (Fsp3) is 0.250. The Labute approximate surface area is 152 Å². The second-order valence-electron chi connectivity index (χ2n) is 5.00. The number of halogens is 3. The van der Waals surface area contributed by atoms with Crippen LogP contribution in [0.5, 0.6) is 0 Å². The van der Waals surface area contributed by atoms with Gasteiger partial charge in [-0.2, -0.15) is 4.31 Å². The Morgan fingerprint density at radius 1 is 1.08 bits per heavy atom. The molecule has 0 aromatic heterocycles. The molecule has 0 saturated heterocycles. The van der Waals surface area contributed by atoms with Crippen LogP contribution in [0.3, 0.4) is 0 Å². The third-order valence-corrected chi connectivity index (χ3v) is 5.55. The van der Waals surface area contributed by atoms with Gasteiger partial charge in [0.15, 0.2) is 0 Å². The lowest BCUT2D eigenvalue weighted by atomic mass is 10.1. The summed E-state index contributed by atoms with van der Waals surface area (Å²) in [7, 11) is -3.96. The Morgan fingerprint density at radius 2 is 1.75 bits per heavy atom. The van der Waals surface area contributed by atoms with Crippen molar-refractivity contribution in [2.75, 3.05) is 19.6 Å². The Hall–Kier alpha value is -1.18. The van der Waals surface area contributed by atoms with Crippen molar-refractivity contribution < 1.29 is 12.8 Å². The maximum Gasteiger partial charge on any atom is 0.246 e. The first-order valence-corrected chi connectivity index (χ1v) is 8.96. The van der Waals surface area contributed by atoms with Gasteiger partial charge in [-0.15, -0.1) is 12.4 Å². The minimum atomic E-state index is -3.96. The van der Waals surface area contributed by atoms with Crippen molar-refractivity contribution in [3.63, 3.8) is 0 Å². The van der Waals surface area contributed by atoms with Gasteiger partial charge in [-0.1, -0.05) is 41.9 Å². The smallest absolute Gasteiger partial charge is 0.246 e. The zero-order chi connectivity index (χ0) is 16.9. The molecule has 0 saturated carbocycles. The molecule has 2 N–H and O–H groups in total. The number of nitrogens with zero attached hydrogens (tertiary/aromatic N) is 1. The van der Waals surface area contributed by atoms with Crippen LogP contribution in [0.15, 0.2) is 53.4 Å². The van der Waals surface area contributed by atoms with Crippen LogP contribution in [-0.2, 0) is 16.4 Å². The van der Waals surface area contributed by atoms with E-state index in [1.807, 2.05) is 30.3 Å². The highest BCUT2D eigenvalue weighted by Gasteiger charge is 2.26. The molecule has 0 atom stereocenters. The van der Waals surface area contributed by atoms with E-state index < -0.39 is 15.8 Å². The van der Waals surface area contributed by atoms with Gasteiger partial charge in [-0.05, 0) is 30.2 Å². The lowest BCUT2D eigenvalue weighted by molar-refractivity contribution is 0.417. The van der Waals surface area contributed by atoms with Crippen LogP contribution in [0, 0.1) is 5.82 Å². The predicted molar refractivity (Wildman–Crippen MR) is 96.6 cm³/mol. The van der Waals surface area contributed by atoms with E-state index in [9.17, 15) is 12.8 Å². The minimum absolute atomic E-state index is 0. The van der Waals surface area contributed by atoms with Crippen molar-refractivity contribution in [3.8, 4) is 0 Å². The molecule has 0 aliphatic heterocycles. The van der Waals surface area contributed by atoms with Crippen molar-refractivity contribution in [2.45, 2.75) is 11.3 Å². The maximum atomic E-state index is 14.0. The minimum Gasteiger partial charge on any atom is -0.329 e. The molecule has 0 amide bonds. The van der Waals surface area contributed by atoms with E-state index in [2.05, 4.69) is 0 Å². The van der Waals surface area contributed by atoms with Crippen LogP contribution in [0.4, 0.5) is 4.39 Å². The summed E-state index contributed by atoms with van der Waals surface area (Å²) in [4.78, 5) is -0.386. The van der Waals surface area contributed by atoms with E-state index in [0.29, 0.717) is 6.42 Å². The molecule has 0 aliphatic rings. The molecule has 0 bridgehead atoms. The van der Waals surface area contributed by atoms with Crippen LogP contribution in [-0.4, -0.2) is 32.4 Å². The van der Waals surface area contributed by atoms with Crippen LogP contribution >= 0.6 is 24.0 Å². The standard InChI is InChI=1S/C16H18ClFN2O2S.ClH/c17-14-6-7-16(15(18)12-14)23(21,22)20(11-9-19)10-8-13-4-2-1-3-5-13;/h1-7,12H,8-11,19H2;1H. The molecule has 8 heteroatoms. The van der Waals surface area contributed by atoms with E-state index >= 15 is 0 Å². The molecular formula is C16H19Cl2FN2O2S. The lowest BCUT2D eigenvalue weighted by Crippen LogP contribution is -2.37. The number of benzene rings is 2. The summed E-state index contributed by atoms with van der Waals surface area (Å²) in [6.45, 7) is 0.506. The summed E-state index contributed by atoms with van der Waals surface area (Å²) < 4.78 is 40.5. The Kier molecular flexibility index (Phi) is 8.12. The topological polar surface area (TPSA) is 63.4 Å². The molecule has 0 radical (unpaired) electrons. The van der Waals surface area contributed by atoms with Crippen LogP contribution in [0.1, 0.15) is 5.56 Å². The first kappa shape index (κ1) is 20.9. The van der Waals surface area contributed by atoms with Crippen molar-refractivity contribution in [2.24, 2.45) is 5.73 Å². The number of hydrogen-bond acceptors (Lipinski definition) is 3.